The summed E-state index contributed by atoms with van der Waals surface area (Å²) in [5.74, 6) is -1.32. The van der Waals surface area contributed by atoms with E-state index in [-0.39, 0.29) is 76.3 Å². The topological polar surface area (TPSA) is 242 Å². The number of hydrogen-bond donors (Lipinski definition) is 2. The number of aliphatic hydroxyl groups excluding tert-OH is 2. The van der Waals surface area contributed by atoms with Crippen molar-refractivity contribution in [1.82, 2.24) is 9.97 Å². The van der Waals surface area contributed by atoms with E-state index in [1.807, 2.05) is 0 Å². The van der Waals surface area contributed by atoms with Gasteiger partial charge in [0.15, 0.2) is 17.3 Å². The summed E-state index contributed by atoms with van der Waals surface area (Å²) in [6.45, 7) is 4.59. The number of nitro groups is 2. The Kier molecular flexibility index (Phi) is 15.6. The van der Waals surface area contributed by atoms with Crippen LogP contribution in [0.4, 0.5) is 15.7 Å². The number of carbonyl (C=O) groups excluding carboxylic acids is 2. The van der Waals surface area contributed by atoms with Crippen molar-refractivity contribution >= 4 is 84.9 Å². The van der Waals surface area contributed by atoms with Crippen LogP contribution >= 0.6 is 34.4 Å². The molecule has 0 spiro atoms. The third-order valence-corrected chi connectivity index (χ3v) is 10.6. The second-order valence-corrected chi connectivity index (χ2v) is 15.2. The van der Waals surface area contributed by atoms with Crippen LogP contribution in [-0.2, 0) is 31.8 Å². The fraction of sp³-hybridized carbons (Fsp3) is 0.132. The van der Waals surface area contributed by atoms with Crippen LogP contribution in [0.1, 0.15) is 25.0 Å². The minimum absolute atomic E-state index is 0. The summed E-state index contributed by atoms with van der Waals surface area (Å²) in [6.07, 6.45) is 15.7. The van der Waals surface area contributed by atoms with E-state index in [0.717, 1.165) is 47.2 Å². The fourth-order valence-electron chi connectivity index (χ4n) is 5.34. The van der Waals surface area contributed by atoms with Crippen LogP contribution in [0.5, 0.6) is 0 Å². The SMILES string of the molecule is CSc1ccc(/C=C/C2=[N+](C)c3ccccc3C2(C)C)cc1.O=C1C=CC(=NN=c2[n-]cc([N+](=O)[O-])s2)C(O)=C1.O=C1C=CC(=NN=c2[n-]cc([N+](=O)[O-])s2)C(O)=C1.[Co]. The number of rotatable bonds is 7. The molecule has 0 amide bonds. The zero-order valence-electron chi connectivity index (χ0n) is 31.3. The number of thiazole rings is 2. The number of para-hydroxylation sites is 1. The number of ketones is 2. The molecule has 17 nitrogen and oxygen atoms in total. The smallest absolute Gasteiger partial charge is 0.319 e. The first-order chi connectivity index (χ1) is 27.7. The molecule has 4 aromatic rings. The molecule has 0 unspecified atom stereocenters. The van der Waals surface area contributed by atoms with Crippen molar-refractivity contribution < 1.29 is 51.0 Å². The summed E-state index contributed by atoms with van der Waals surface area (Å²) in [7, 11) is 2.16. The molecule has 2 aromatic carbocycles. The predicted octanol–water partition coefficient (Wildman–Crippen LogP) is 6.03. The second-order valence-electron chi connectivity index (χ2n) is 12.4. The maximum atomic E-state index is 10.9. The molecule has 305 valence electrons. The normalized spacial score (nSPS) is 17.2. The maximum absolute atomic E-state index is 10.9. The average molecular weight is 898 g/mol. The molecule has 59 heavy (non-hydrogen) atoms. The third kappa shape index (κ3) is 11.8. The van der Waals surface area contributed by atoms with E-state index in [1.54, 1.807) is 11.8 Å². The van der Waals surface area contributed by atoms with Gasteiger partial charge in [-0.05, 0) is 68.2 Å². The number of carbonyl (C=O) groups is 2. The van der Waals surface area contributed by atoms with Crippen molar-refractivity contribution in [3.63, 3.8) is 0 Å². The maximum Gasteiger partial charge on any atom is 0.319 e. The average Bonchev–Trinajstić information content (AvgIpc) is 3.93. The van der Waals surface area contributed by atoms with Crippen LogP contribution in [0.2, 0.25) is 0 Å². The van der Waals surface area contributed by atoms with Crippen molar-refractivity contribution in [3.05, 3.63) is 156 Å². The molecular formula is C38H32CoN9O8S3-. The van der Waals surface area contributed by atoms with Crippen LogP contribution in [-0.4, -0.2) is 66.6 Å². The second kappa shape index (κ2) is 20.3. The zero-order chi connectivity index (χ0) is 42.0. The standard InChI is InChI=1S/C20H22NS.2C9H6N4O4S.Co/c1-20(2)17-7-5-6-8-18(17)21(3)19(20)14-11-15-9-12-16(22-4)13-10-15;2*14-5-1-2-6(7(15)3-5)11-12-9-10-4-8(18-9)13(16)17;/h5-14H,1-4H3;2*1-4H,(H2,10,12,14,15);/q+1;;;/p-2/b14-11+;;;. The fourth-order valence-corrected chi connectivity index (χ4v) is 6.85. The molecule has 3 aliphatic rings. The summed E-state index contributed by atoms with van der Waals surface area (Å²) in [4.78, 5) is 50.2. The van der Waals surface area contributed by atoms with E-state index in [2.05, 4.69) is 123 Å². The van der Waals surface area contributed by atoms with E-state index in [1.165, 1.54) is 51.7 Å². The van der Waals surface area contributed by atoms with Crippen molar-refractivity contribution in [2.45, 2.75) is 24.2 Å². The van der Waals surface area contributed by atoms with Gasteiger partial charge in [-0.2, -0.15) is 4.58 Å². The first kappa shape index (κ1) is 45.3. The third-order valence-electron chi connectivity index (χ3n) is 8.19. The van der Waals surface area contributed by atoms with Gasteiger partial charge in [-0.15, -0.1) is 11.8 Å². The van der Waals surface area contributed by atoms with Gasteiger partial charge in [-0.3, -0.25) is 40.0 Å². The van der Waals surface area contributed by atoms with Crippen molar-refractivity contribution in [1.29, 1.82) is 0 Å². The molecule has 0 atom stereocenters. The Labute approximate surface area is 357 Å². The van der Waals surface area contributed by atoms with E-state index in [9.17, 15) is 40.0 Å². The van der Waals surface area contributed by atoms with Gasteiger partial charge < -0.3 is 30.4 Å². The van der Waals surface area contributed by atoms with Crippen LogP contribution in [0.3, 0.4) is 0 Å². The van der Waals surface area contributed by atoms with Gasteiger partial charge in [-0.25, -0.2) is 0 Å². The van der Waals surface area contributed by atoms with Gasteiger partial charge in [0.05, 0.1) is 15.3 Å². The Hall–Kier alpha value is -6.39. The first-order valence-corrected chi connectivity index (χ1v) is 19.6. The summed E-state index contributed by atoms with van der Waals surface area (Å²) in [6, 6.07) is 17.4. The largest absolute Gasteiger partial charge is 0.506 e. The summed E-state index contributed by atoms with van der Waals surface area (Å²) in [5, 5.41) is 53.9. The molecule has 2 aliphatic carbocycles. The number of nitrogens with zero attached hydrogens (tertiary/aromatic N) is 9. The Morgan fingerprint density at radius 3 is 1.68 bits per heavy atom. The number of fused-ring (bicyclic) bond motifs is 1. The van der Waals surface area contributed by atoms with Crippen LogP contribution in [0.15, 0.2) is 140 Å². The summed E-state index contributed by atoms with van der Waals surface area (Å²) < 4.78 is 2.31. The Balaban J connectivity index is 0.000000195. The van der Waals surface area contributed by atoms with E-state index < -0.39 is 9.85 Å². The Morgan fingerprint density at radius 1 is 0.763 bits per heavy atom. The number of benzene rings is 2. The monoisotopic (exact) mass is 897 g/mol. The minimum atomic E-state index is -0.583. The van der Waals surface area contributed by atoms with Gasteiger partial charge in [-0.1, -0.05) is 53.0 Å². The molecule has 21 heteroatoms. The summed E-state index contributed by atoms with van der Waals surface area (Å²) >= 11 is 3.29. The Bertz CT molecular complexity index is 2560. The number of aromatic nitrogens is 2. The van der Waals surface area contributed by atoms with Crippen molar-refractivity contribution in [3.8, 4) is 0 Å². The van der Waals surface area contributed by atoms with Gasteiger partial charge in [0, 0.05) is 73.5 Å². The van der Waals surface area contributed by atoms with Crippen molar-refractivity contribution in [2.75, 3.05) is 13.3 Å². The minimum Gasteiger partial charge on any atom is -0.506 e. The molecule has 0 bridgehead atoms. The predicted molar refractivity (Wildman–Crippen MR) is 222 cm³/mol. The molecule has 1 radical (unpaired) electrons. The number of aliphatic hydroxyl groups is 2. The molecule has 0 fully saturated rings. The van der Waals surface area contributed by atoms with Crippen LogP contribution in [0, 0.1) is 20.2 Å². The molecule has 0 saturated carbocycles. The molecule has 0 saturated heterocycles. The van der Waals surface area contributed by atoms with Crippen molar-refractivity contribution in [2.24, 2.45) is 20.4 Å². The number of thioether (sulfide) groups is 1. The molecule has 3 heterocycles. The van der Waals surface area contributed by atoms with E-state index >= 15 is 0 Å². The first-order valence-electron chi connectivity index (χ1n) is 16.7. The van der Waals surface area contributed by atoms with Gasteiger partial charge in [0.25, 0.3) is 0 Å². The molecule has 1 aliphatic heterocycles. The van der Waals surface area contributed by atoms with Gasteiger partial charge in [0.1, 0.15) is 30.0 Å². The molecule has 2 aromatic heterocycles. The number of hydrogen-bond acceptors (Lipinski definition) is 15. The Morgan fingerprint density at radius 2 is 1.25 bits per heavy atom. The van der Waals surface area contributed by atoms with Gasteiger partial charge >= 0.3 is 10.0 Å². The molecule has 2 N–H and O–H groups in total. The zero-order valence-corrected chi connectivity index (χ0v) is 34.8. The number of allylic oxidation sites excluding steroid dienone is 7. The summed E-state index contributed by atoms with van der Waals surface area (Å²) in [5.41, 5.74) is 5.51. The molecule has 7 rings (SSSR count). The molecular weight excluding hydrogens is 866 g/mol. The van der Waals surface area contributed by atoms with E-state index in [4.69, 9.17) is 0 Å². The van der Waals surface area contributed by atoms with E-state index in [0.29, 0.717) is 0 Å². The quantitative estimate of drug-likeness (QED) is 0.0714. The van der Waals surface area contributed by atoms with Crippen LogP contribution < -0.4 is 19.6 Å². The van der Waals surface area contributed by atoms with Crippen LogP contribution in [0.25, 0.3) is 6.08 Å². The van der Waals surface area contributed by atoms with Gasteiger partial charge in [0.2, 0.25) is 5.69 Å².